The monoisotopic (exact) mass is 278 g/mol. The number of aromatic nitrogens is 2. The van der Waals surface area contributed by atoms with E-state index >= 15 is 0 Å². The number of amides is 1. The van der Waals surface area contributed by atoms with Crippen LogP contribution in [0, 0.1) is 12.8 Å². The van der Waals surface area contributed by atoms with Gasteiger partial charge in [-0.3, -0.25) is 4.79 Å². The molecule has 2 N–H and O–H groups in total. The smallest absolute Gasteiger partial charge is 0.217 e. The molecule has 1 aromatic rings. The van der Waals surface area contributed by atoms with Crippen LogP contribution in [0.4, 0.5) is 5.82 Å². The first-order valence-electron chi connectivity index (χ1n) is 6.95. The second-order valence-corrected chi connectivity index (χ2v) is 5.34. The van der Waals surface area contributed by atoms with Crippen LogP contribution in [0.5, 0.6) is 0 Å². The lowest BCUT2D eigenvalue weighted by Crippen LogP contribution is -2.37. The Labute approximate surface area is 119 Å². The lowest BCUT2D eigenvalue weighted by Gasteiger charge is -2.33. The molecule has 2 rings (SSSR count). The molecule has 0 spiro atoms. The van der Waals surface area contributed by atoms with Crippen molar-refractivity contribution < 1.29 is 9.53 Å². The van der Waals surface area contributed by atoms with Crippen molar-refractivity contribution in [2.24, 2.45) is 11.7 Å². The van der Waals surface area contributed by atoms with Gasteiger partial charge in [0.25, 0.3) is 0 Å². The van der Waals surface area contributed by atoms with Crippen LogP contribution in [0.15, 0.2) is 6.07 Å². The van der Waals surface area contributed by atoms with Gasteiger partial charge in [-0.1, -0.05) is 0 Å². The van der Waals surface area contributed by atoms with Gasteiger partial charge in [0.2, 0.25) is 5.91 Å². The van der Waals surface area contributed by atoms with E-state index < -0.39 is 0 Å². The van der Waals surface area contributed by atoms with E-state index in [-0.39, 0.29) is 5.91 Å². The average Bonchev–Trinajstić information content (AvgIpc) is 2.38. The van der Waals surface area contributed by atoms with Crippen LogP contribution < -0.4 is 10.6 Å². The van der Waals surface area contributed by atoms with Gasteiger partial charge >= 0.3 is 0 Å². The van der Waals surface area contributed by atoms with E-state index in [1.807, 2.05) is 13.0 Å². The Morgan fingerprint density at radius 1 is 1.55 bits per heavy atom. The molecular weight excluding hydrogens is 256 g/mol. The molecule has 1 aliphatic rings. The highest BCUT2D eigenvalue weighted by molar-refractivity contribution is 5.74. The summed E-state index contributed by atoms with van der Waals surface area (Å²) in [6, 6.07) is 1.98. The first-order valence-corrected chi connectivity index (χ1v) is 6.95. The van der Waals surface area contributed by atoms with Crippen molar-refractivity contribution in [2.75, 3.05) is 25.1 Å². The van der Waals surface area contributed by atoms with E-state index in [1.165, 1.54) is 0 Å². The van der Waals surface area contributed by atoms with E-state index in [4.69, 9.17) is 10.5 Å². The second kappa shape index (κ2) is 6.65. The fourth-order valence-corrected chi connectivity index (χ4v) is 2.69. The van der Waals surface area contributed by atoms with Crippen molar-refractivity contribution in [1.29, 1.82) is 0 Å². The molecular formula is C14H22N4O2. The number of carbonyl (C=O) groups is 1. The van der Waals surface area contributed by atoms with Crippen molar-refractivity contribution in [3.63, 3.8) is 0 Å². The molecule has 1 amide bonds. The Morgan fingerprint density at radius 3 is 3.05 bits per heavy atom. The fourth-order valence-electron chi connectivity index (χ4n) is 2.69. The second-order valence-electron chi connectivity index (χ2n) is 5.34. The number of aryl methyl sites for hydroxylation is 1. The normalized spacial score (nSPS) is 19.1. The Bertz CT molecular complexity index is 478. The molecule has 1 fully saturated rings. The van der Waals surface area contributed by atoms with Gasteiger partial charge < -0.3 is 15.4 Å². The maximum Gasteiger partial charge on any atom is 0.217 e. The fraction of sp³-hybridized carbons (Fsp3) is 0.643. The molecule has 1 atom stereocenters. The minimum Gasteiger partial charge on any atom is -0.377 e. The van der Waals surface area contributed by atoms with Crippen molar-refractivity contribution in [3.8, 4) is 0 Å². The predicted octanol–water partition coefficient (Wildman–Crippen LogP) is 1.02. The van der Waals surface area contributed by atoms with Gasteiger partial charge in [0.05, 0.1) is 0 Å². The van der Waals surface area contributed by atoms with Crippen LogP contribution in [-0.4, -0.2) is 36.1 Å². The lowest BCUT2D eigenvalue weighted by atomic mass is 9.94. The minimum atomic E-state index is -0.226. The highest BCUT2D eigenvalue weighted by atomic mass is 16.5. The summed E-state index contributed by atoms with van der Waals surface area (Å²) < 4.78 is 5.09. The summed E-state index contributed by atoms with van der Waals surface area (Å²) in [6.45, 7) is 4.15. The van der Waals surface area contributed by atoms with Crippen molar-refractivity contribution in [2.45, 2.75) is 32.8 Å². The standard InChI is InChI=1S/C14H22N4O2/c1-10-6-14(17-13(16-10)9-20-2)18-5-3-4-11(8-18)7-12(15)19/h6,11H,3-5,7-9H2,1-2H3,(H2,15,19). The summed E-state index contributed by atoms with van der Waals surface area (Å²) in [6.07, 6.45) is 2.56. The number of primary amides is 1. The van der Waals surface area contributed by atoms with E-state index in [2.05, 4.69) is 14.9 Å². The highest BCUT2D eigenvalue weighted by Gasteiger charge is 2.22. The summed E-state index contributed by atoms with van der Waals surface area (Å²) in [7, 11) is 1.63. The van der Waals surface area contributed by atoms with E-state index in [0.717, 1.165) is 37.4 Å². The Morgan fingerprint density at radius 2 is 2.35 bits per heavy atom. The van der Waals surface area contributed by atoms with E-state index in [9.17, 15) is 4.79 Å². The van der Waals surface area contributed by atoms with Gasteiger partial charge in [-0.15, -0.1) is 0 Å². The van der Waals surface area contributed by atoms with Gasteiger partial charge in [-0.2, -0.15) is 0 Å². The zero-order valence-electron chi connectivity index (χ0n) is 12.1. The molecule has 1 saturated heterocycles. The largest absolute Gasteiger partial charge is 0.377 e. The van der Waals surface area contributed by atoms with Crippen LogP contribution in [0.1, 0.15) is 30.8 Å². The zero-order chi connectivity index (χ0) is 14.5. The molecule has 20 heavy (non-hydrogen) atoms. The number of carbonyl (C=O) groups excluding carboxylic acids is 1. The van der Waals surface area contributed by atoms with Gasteiger partial charge in [0, 0.05) is 38.4 Å². The molecule has 0 radical (unpaired) electrons. The molecule has 0 aliphatic carbocycles. The Balaban J connectivity index is 2.11. The first kappa shape index (κ1) is 14.7. The number of hydrogen-bond acceptors (Lipinski definition) is 5. The lowest BCUT2D eigenvalue weighted by molar-refractivity contribution is -0.118. The van der Waals surface area contributed by atoms with Gasteiger partial charge in [0.1, 0.15) is 12.4 Å². The molecule has 0 bridgehead atoms. The zero-order valence-corrected chi connectivity index (χ0v) is 12.1. The summed E-state index contributed by atoms with van der Waals surface area (Å²) in [5.74, 6) is 1.71. The summed E-state index contributed by atoms with van der Waals surface area (Å²) in [5.41, 5.74) is 6.23. The summed E-state index contributed by atoms with van der Waals surface area (Å²) >= 11 is 0. The molecule has 1 aromatic heterocycles. The van der Waals surface area contributed by atoms with Crippen molar-refractivity contribution in [1.82, 2.24) is 9.97 Å². The molecule has 0 saturated carbocycles. The summed E-state index contributed by atoms with van der Waals surface area (Å²) in [5, 5.41) is 0. The topological polar surface area (TPSA) is 81.3 Å². The molecule has 6 heteroatoms. The predicted molar refractivity (Wildman–Crippen MR) is 76.2 cm³/mol. The number of hydrogen-bond donors (Lipinski definition) is 1. The van der Waals surface area contributed by atoms with Gasteiger partial charge in [-0.25, -0.2) is 9.97 Å². The molecule has 110 valence electrons. The summed E-state index contributed by atoms with van der Waals surface area (Å²) in [4.78, 5) is 22.2. The molecule has 1 unspecified atom stereocenters. The first-order chi connectivity index (χ1) is 9.58. The number of nitrogens with zero attached hydrogens (tertiary/aromatic N) is 3. The van der Waals surface area contributed by atoms with Crippen LogP contribution in [-0.2, 0) is 16.1 Å². The van der Waals surface area contributed by atoms with Gasteiger partial charge in [-0.05, 0) is 25.7 Å². The van der Waals surface area contributed by atoms with Crippen molar-refractivity contribution in [3.05, 3.63) is 17.6 Å². The molecule has 1 aliphatic heterocycles. The number of methoxy groups -OCH3 is 1. The van der Waals surface area contributed by atoms with E-state index in [0.29, 0.717) is 24.8 Å². The maximum absolute atomic E-state index is 11.1. The quantitative estimate of drug-likeness (QED) is 0.869. The number of nitrogens with two attached hydrogens (primary N) is 1. The minimum absolute atomic E-state index is 0.226. The van der Waals surface area contributed by atoms with E-state index in [1.54, 1.807) is 7.11 Å². The number of ether oxygens (including phenoxy) is 1. The SMILES string of the molecule is COCc1nc(C)cc(N2CCCC(CC(N)=O)C2)n1. The Kier molecular flexibility index (Phi) is 4.89. The van der Waals surface area contributed by atoms with Crippen molar-refractivity contribution >= 4 is 11.7 Å². The number of rotatable bonds is 5. The highest BCUT2D eigenvalue weighted by Crippen LogP contribution is 2.24. The molecule has 2 heterocycles. The van der Waals surface area contributed by atoms with Crippen LogP contribution >= 0.6 is 0 Å². The molecule has 6 nitrogen and oxygen atoms in total. The van der Waals surface area contributed by atoms with Gasteiger partial charge in [0.15, 0.2) is 5.82 Å². The maximum atomic E-state index is 11.1. The third-order valence-corrected chi connectivity index (χ3v) is 3.49. The number of anilines is 1. The van der Waals surface area contributed by atoms with Crippen LogP contribution in [0.2, 0.25) is 0 Å². The van der Waals surface area contributed by atoms with Crippen LogP contribution in [0.3, 0.4) is 0 Å². The third-order valence-electron chi connectivity index (χ3n) is 3.49. The molecule has 0 aromatic carbocycles. The average molecular weight is 278 g/mol. The van der Waals surface area contributed by atoms with Crippen LogP contribution in [0.25, 0.3) is 0 Å². The Hall–Kier alpha value is -1.69. The number of piperidine rings is 1. The third kappa shape index (κ3) is 3.90.